The van der Waals surface area contributed by atoms with E-state index in [1.165, 1.54) is 4.88 Å². The normalized spacial score (nSPS) is 10.6. The molecule has 6 heteroatoms. The Morgan fingerprint density at radius 2 is 2.14 bits per heavy atom. The average Bonchev–Trinajstić information content (AvgIpc) is 3.17. The van der Waals surface area contributed by atoms with E-state index in [0.717, 1.165) is 29.1 Å². The van der Waals surface area contributed by atoms with Gasteiger partial charge < -0.3 is 9.47 Å². The molecule has 5 nitrogen and oxygen atoms in total. The van der Waals surface area contributed by atoms with Gasteiger partial charge in [0.15, 0.2) is 0 Å². The molecule has 0 unspecified atom stereocenters. The second-order valence-electron chi connectivity index (χ2n) is 4.78. The van der Waals surface area contributed by atoms with Crippen LogP contribution in [0.4, 0.5) is 0 Å². The molecule has 0 radical (unpaired) electrons. The number of methoxy groups -OCH3 is 1. The molecule has 0 fully saturated rings. The Hall–Kier alpha value is -2.34. The molecule has 0 aliphatic heterocycles. The largest absolute Gasteiger partial charge is 0.496 e. The summed E-state index contributed by atoms with van der Waals surface area (Å²) in [6.07, 6.45) is 0.841. The maximum absolute atomic E-state index is 5.71. The van der Waals surface area contributed by atoms with Crippen LogP contribution in [0.25, 0.3) is 11.3 Å². The summed E-state index contributed by atoms with van der Waals surface area (Å²) in [6.45, 7) is 2.60. The molecule has 0 saturated heterocycles. The fraction of sp³-hybridized carbons (Fsp3) is 0.250. The summed E-state index contributed by atoms with van der Waals surface area (Å²) >= 11 is 1.66. The van der Waals surface area contributed by atoms with E-state index in [1.54, 1.807) is 18.4 Å². The van der Waals surface area contributed by atoms with E-state index in [-0.39, 0.29) is 0 Å². The van der Waals surface area contributed by atoms with Crippen LogP contribution >= 0.6 is 11.3 Å². The molecule has 0 aliphatic rings. The monoisotopic (exact) mass is 315 g/mol. The van der Waals surface area contributed by atoms with Gasteiger partial charge in [0, 0.05) is 22.9 Å². The maximum atomic E-state index is 5.71. The molecule has 0 atom stereocenters. The lowest BCUT2D eigenvalue weighted by Crippen LogP contribution is -2.01. The van der Waals surface area contributed by atoms with E-state index >= 15 is 0 Å². The summed E-state index contributed by atoms with van der Waals surface area (Å²) in [5.41, 5.74) is 4.77. The number of rotatable bonds is 6. The Bertz CT molecular complexity index is 751. The van der Waals surface area contributed by atoms with Gasteiger partial charge in [-0.3, -0.25) is 5.10 Å². The first-order valence-electron chi connectivity index (χ1n) is 6.98. The first-order chi connectivity index (χ1) is 10.8. The molecule has 3 rings (SSSR count). The predicted molar refractivity (Wildman–Crippen MR) is 86.6 cm³/mol. The third-order valence-corrected chi connectivity index (χ3v) is 4.37. The Morgan fingerprint density at radius 3 is 2.91 bits per heavy atom. The van der Waals surface area contributed by atoms with Gasteiger partial charge in [-0.2, -0.15) is 0 Å². The van der Waals surface area contributed by atoms with Crippen LogP contribution in [-0.4, -0.2) is 28.9 Å². The van der Waals surface area contributed by atoms with Crippen LogP contribution in [0.3, 0.4) is 0 Å². The quantitative estimate of drug-likeness (QED) is 0.756. The van der Waals surface area contributed by atoms with Crippen LogP contribution in [0.5, 0.6) is 11.6 Å². The average molecular weight is 315 g/mol. The molecule has 0 spiro atoms. The zero-order valence-electron chi connectivity index (χ0n) is 12.5. The van der Waals surface area contributed by atoms with Crippen LogP contribution in [0.15, 0.2) is 35.8 Å². The molecule has 22 heavy (non-hydrogen) atoms. The van der Waals surface area contributed by atoms with E-state index in [4.69, 9.17) is 9.47 Å². The van der Waals surface area contributed by atoms with Crippen molar-refractivity contribution in [3.63, 3.8) is 0 Å². The number of hydrogen-bond donors (Lipinski definition) is 1. The highest BCUT2D eigenvalue weighted by molar-refractivity contribution is 7.09. The van der Waals surface area contributed by atoms with Crippen molar-refractivity contribution in [3.8, 4) is 22.9 Å². The molecule has 0 saturated carbocycles. The first-order valence-corrected chi connectivity index (χ1v) is 7.86. The number of ether oxygens (including phenoxy) is 2. The van der Waals surface area contributed by atoms with E-state index in [1.807, 2.05) is 42.8 Å². The van der Waals surface area contributed by atoms with Gasteiger partial charge in [-0.05, 0) is 19.1 Å². The Morgan fingerprint density at radius 1 is 1.27 bits per heavy atom. The van der Waals surface area contributed by atoms with E-state index in [0.29, 0.717) is 12.5 Å². The van der Waals surface area contributed by atoms with E-state index in [2.05, 4.69) is 15.2 Å². The Labute approximate surface area is 132 Å². The first kappa shape index (κ1) is 14.6. The van der Waals surface area contributed by atoms with Crippen LogP contribution in [0, 0.1) is 6.92 Å². The van der Waals surface area contributed by atoms with Gasteiger partial charge in [-0.1, -0.05) is 12.1 Å². The number of nitrogens with zero attached hydrogens (tertiary/aromatic N) is 2. The van der Waals surface area contributed by atoms with Gasteiger partial charge in [-0.25, -0.2) is 4.98 Å². The summed E-state index contributed by atoms with van der Waals surface area (Å²) in [7, 11) is 1.66. The number of nitrogens with one attached hydrogen (secondary N) is 1. The molecule has 1 aromatic carbocycles. The molecule has 2 heterocycles. The van der Waals surface area contributed by atoms with Crippen molar-refractivity contribution in [2.45, 2.75) is 13.3 Å². The summed E-state index contributed by atoms with van der Waals surface area (Å²) in [5.74, 6) is 1.39. The second kappa shape index (κ2) is 6.62. The topological polar surface area (TPSA) is 60.0 Å². The van der Waals surface area contributed by atoms with Crippen molar-refractivity contribution in [1.82, 2.24) is 15.2 Å². The SMILES string of the molecule is COc1ccccc1-c1cc(OCCc2scnc2C)n[nH]1. The maximum Gasteiger partial charge on any atom is 0.233 e. The minimum Gasteiger partial charge on any atom is -0.496 e. The lowest BCUT2D eigenvalue weighted by Gasteiger charge is -2.05. The van der Waals surface area contributed by atoms with Crippen LogP contribution < -0.4 is 9.47 Å². The van der Waals surface area contributed by atoms with Crippen molar-refractivity contribution in [2.24, 2.45) is 0 Å². The highest BCUT2D eigenvalue weighted by atomic mass is 32.1. The molecule has 0 amide bonds. The van der Waals surface area contributed by atoms with Crippen molar-refractivity contribution in [3.05, 3.63) is 46.4 Å². The minimum atomic E-state index is 0.583. The molecule has 3 aromatic rings. The van der Waals surface area contributed by atoms with Gasteiger partial charge in [0.1, 0.15) is 5.75 Å². The third-order valence-electron chi connectivity index (χ3n) is 3.38. The van der Waals surface area contributed by atoms with Crippen molar-refractivity contribution >= 4 is 11.3 Å². The number of aromatic amines is 1. The summed E-state index contributed by atoms with van der Waals surface area (Å²) < 4.78 is 11.1. The fourth-order valence-electron chi connectivity index (χ4n) is 2.20. The molecular weight excluding hydrogens is 298 g/mol. The molecule has 2 aromatic heterocycles. The van der Waals surface area contributed by atoms with Gasteiger partial charge in [0.2, 0.25) is 5.88 Å². The second-order valence-corrected chi connectivity index (χ2v) is 5.72. The predicted octanol–water partition coefficient (Wildman–Crippen LogP) is 3.47. The van der Waals surface area contributed by atoms with Crippen LogP contribution in [-0.2, 0) is 6.42 Å². The highest BCUT2D eigenvalue weighted by Gasteiger charge is 2.09. The highest BCUT2D eigenvalue weighted by Crippen LogP contribution is 2.29. The number of hydrogen-bond acceptors (Lipinski definition) is 5. The zero-order chi connectivity index (χ0) is 15.4. The number of benzene rings is 1. The van der Waals surface area contributed by atoms with Crippen LogP contribution in [0.1, 0.15) is 10.6 Å². The van der Waals surface area contributed by atoms with Gasteiger partial charge in [-0.15, -0.1) is 16.4 Å². The molecule has 1 N–H and O–H groups in total. The molecule has 0 aliphatic carbocycles. The van der Waals surface area contributed by atoms with Crippen molar-refractivity contribution < 1.29 is 9.47 Å². The van der Waals surface area contributed by atoms with Crippen molar-refractivity contribution in [2.75, 3.05) is 13.7 Å². The van der Waals surface area contributed by atoms with Gasteiger partial charge in [0.05, 0.1) is 30.6 Å². The Kier molecular flexibility index (Phi) is 4.39. The lowest BCUT2D eigenvalue weighted by atomic mass is 10.1. The Balaban J connectivity index is 1.65. The van der Waals surface area contributed by atoms with E-state index < -0.39 is 0 Å². The van der Waals surface area contributed by atoms with E-state index in [9.17, 15) is 0 Å². The van der Waals surface area contributed by atoms with Gasteiger partial charge in [0.25, 0.3) is 0 Å². The summed E-state index contributed by atoms with van der Waals surface area (Å²) in [4.78, 5) is 5.48. The van der Waals surface area contributed by atoms with Gasteiger partial charge >= 0.3 is 0 Å². The summed E-state index contributed by atoms with van der Waals surface area (Å²) in [5, 5.41) is 7.18. The minimum absolute atomic E-state index is 0.583. The number of H-pyrrole nitrogens is 1. The zero-order valence-corrected chi connectivity index (χ0v) is 13.3. The smallest absolute Gasteiger partial charge is 0.233 e. The molecule has 114 valence electrons. The fourth-order valence-corrected chi connectivity index (χ4v) is 2.96. The molecule has 0 bridgehead atoms. The number of aromatic nitrogens is 3. The van der Waals surface area contributed by atoms with Crippen molar-refractivity contribution in [1.29, 1.82) is 0 Å². The lowest BCUT2D eigenvalue weighted by molar-refractivity contribution is 0.309. The number of aryl methyl sites for hydroxylation is 1. The number of para-hydroxylation sites is 1. The summed E-state index contributed by atoms with van der Waals surface area (Å²) in [6, 6.07) is 9.69. The van der Waals surface area contributed by atoms with Crippen LogP contribution in [0.2, 0.25) is 0 Å². The number of thiazole rings is 1. The molecular formula is C16H17N3O2S. The third kappa shape index (κ3) is 3.12. The standard InChI is InChI=1S/C16H17N3O2S/c1-11-15(22-10-17-11)7-8-21-16-9-13(18-19-16)12-5-3-4-6-14(12)20-2/h3-6,9-10H,7-8H2,1-2H3,(H,18,19).